The summed E-state index contributed by atoms with van der Waals surface area (Å²) in [4.78, 5) is 28.3. The van der Waals surface area contributed by atoms with Crippen LogP contribution in [0.25, 0.3) is 10.9 Å². The number of aromatic nitrogens is 2. The molecule has 150 valence electrons. The summed E-state index contributed by atoms with van der Waals surface area (Å²) in [6.07, 6.45) is 4.78. The van der Waals surface area contributed by atoms with Crippen molar-refractivity contribution in [2.24, 2.45) is 0 Å². The maximum absolute atomic E-state index is 12.7. The van der Waals surface area contributed by atoms with Gasteiger partial charge < -0.3 is 10.3 Å². The van der Waals surface area contributed by atoms with Crippen LogP contribution >= 0.6 is 12.2 Å². The Bertz CT molecular complexity index is 1130. The van der Waals surface area contributed by atoms with Crippen LogP contribution in [0.4, 0.5) is 0 Å². The molecule has 6 heteroatoms. The van der Waals surface area contributed by atoms with E-state index in [1.165, 1.54) is 23.0 Å². The van der Waals surface area contributed by atoms with Crippen LogP contribution in [0.5, 0.6) is 0 Å². The molecule has 1 fully saturated rings. The third-order valence-electron chi connectivity index (χ3n) is 6.02. The van der Waals surface area contributed by atoms with Crippen molar-refractivity contribution in [2.45, 2.75) is 44.1 Å². The average molecular weight is 408 g/mol. The van der Waals surface area contributed by atoms with Crippen LogP contribution in [-0.4, -0.2) is 22.0 Å². The predicted molar refractivity (Wildman–Crippen MR) is 118 cm³/mol. The first-order chi connectivity index (χ1) is 14.1. The van der Waals surface area contributed by atoms with Crippen molar-refractivity contribution < 1.29 is 4.79 Å². The van der Waals surface area contributed by atoms with E-state index < -0.39 is 0 Å². The van der Waals surface area contributed by atoms with Gasteiger partial charge in [0.15, 0.2) is 4.77 Å². The smallest absolute Gasteiger partial charge is 0.262 e. The number of rotatable bonds is 6. The Labute approximate surface area is 174 Å². The highest BCUT2D eigenvalue weighted by atomic mass is 32.1. The molecule has 1 saturated carbocycles. The van der Waals surface area contributed by atoms with Crippen LogP contribution < -0.4 is 10.9 Å². The molecule has 3 aromatic rings. The van der Waals surface area contributed by atoms with Crippen molar-refractivity contribution in [3.8, 4) is 0 Å². The molecular formula is C23H25N3O2S. The highest BCUT2D eigenvalue weighted by Gasteiger charge is 2.35. The summed E-state index contributed by atoms with van der Waals surface area (Å²) < 4.78 is 1.82. The van der Waals surface area contributed by atoms with Gasteiger partial charge in [0.1, 0.15) is 0 Å². The van der Waals surface area contributed by atoms with Crippen LogP contribution in [0.15, 0.2) is 59.4 Å². The molecule has 1 aliphatic carbocycles. The number of carbonyl (C=O) groups is 1. The summed E-state index contributed by atoms with van der Waals surface area (Å²) in [5, 5.41) is 3.69. The third-order valence-corrected chi connectivity index (χ3v) is 6.35. The van der Waals surface area contributed by atoms with Gasteiger partial charge in [-0.2, -0.15) is 0 Å². The summed E-state index contributed by atoms with van der Waals surface area (Å²) in [7, 11) is 0. The Hall–Kier alpha value is -2.73. The predicted octanol–water partition coefficient (Wildman–Crippen LogP) is 4.08. The van der Waals surface area contributed by atoms with Crippen LogP contribution in [-0.2, 0) is 16.8 Å². The van der Waals surface area contributed by atoms with Crippen LogP contribution in [0.3, 0.4) is 0 Å². The fourth-order valence-electron chi connectivity index (χ4n) is 4.38. The van der Waals surface area contributed by atoms with Crippen molar-refractivity contribution in [2.75, 3.05) is 6.54 Å². The number of amides is 1. The second-order valence-electron chi connectivity index (χ2n) is 7.81. The summed E-state index contributed by atoms with van der Waals surface area (Å²) in [5.41, 5.74) is 1.88. The lowest BCUT2D eigenvalue weighted by molar-refractivity contribution is -0.121. The molecule has 5 nitrogen and oxygen atoms in total. The van der Waals surface area contributed by atoms with Gasteiger partial charge in [-0.1, -0.05) is 55.3 Å². The molecule has 4 rings (SSSR count). The quantitative estimate of drug-likeness (QED) is 0.605. The molecule has 2 N–H and O–H groups in total. The SMILES string of the molecule is O=C(CCn1c(=S)[nH]c2ccccc2c1=O)NCC1(c2ccccc2)CCCC1. The van der Waals surface area contributed by atoms with E-state index in [2.05, 4.69) is 34.6 Å². The van der Waals surface area contributed by atoms with Crippen LogP contribution in [0.1, 0.15) is 37.7 Å². The van der Waals surface area contributed by atoms with Crippen LogP contribution in [0, 0.1) is 4.77 Å². The third kappa shape index (κ3) is 4.03. The lowest BCUT2D eigenvalue weighted by Gasteiger charge is -2.30. The van der Waals surface area contributed by atoms with Gasteiger partial charge in [-0.15, -0.1) is 0 Å². The highest BCUT2D eigenvalue weighted by molar-refractivity contribution is 7.71. The topological polar surface area (TPSA) is 66.9 Å². The molecule has 0 bridgehead atoms. The maximum atomic E-state index is 12.7. The fraction of sp³-hybridized carbons (Fsp3) is 0.348. The molecular weight excluding hydrogens is 382 g/mol. The van der Waals surface area contributed by atoms with Crippen molar-refractivity contribution in [3.63, 3.8) is 0 Å². The molecule has 0 radical (unpaired) electrons. The van der Waals surface area contributed by atoms with Gasteiger partial charge >= 0.3 is 0 Å². The summed E-state index contributed by atoms with van der Waals surface area (Å²) in [5.74, 6) is -0.0540. The monoisotopic (exact) mass is 407 g/mol. The Balaban J connectivity index is 1.44. The minimum absolute atomic E-state index is 0.0215. The Morgan fingerprint density at radius 2 is 1.76 bits per heavy atom. The van der Waals surface area contributed by atoms with Crippen molar-refractivity contribution in [1.82, 2.24) is 14.9 Å². The van der Waals surface area contributed by atoms with Crippen LogP contribution in [0.2, 0.25) is 0 Å². The first-order valence-electron chi connectivity index (χ1n) is 10.1. The molecule has 1 amide bonds. The van der Waals surface area contributed by atoms with Gasteiger partial charge in [-0.3, -0.25) is 14.2 Å². The molecule has 1 aliphatic rings. The van der Waals surface area contributed by atoms with E-state index >= 15 is 0 Å². The normalized spacial score (nSPS) is 15.4. The highest BCUT2D eigenvalue weighted by Crippen LogP contribution is 2.40. The van der Waals surface area contributed by atoms with Gasteiger partial charge in [-0.05, 0) is 42.8 Å². The number of nitrogens with zero attached hydrogens (tertiary/aromatic N) is 1. The number of benzene rings is 2. The number of carbonyl (C=O) groups excluding carboxylic acids is 1. The zero-order valence-corrected chi connectivity index (χ0v) is 17.1. The standard InChI is InChI=1S/C23H25N3O2S/c27-20(24-16-23(13-6-7-14-23)17-8-2-1-3-9-17)12-15-26-21(28)18-10-4-5-11-19(18)25-22(26)29/h1-5,8-11H,6-7,12-16H2,(H,24,27)(H,25,29). The molecule has 1 heterocycles. The van der Waals surface area contributed by atoms with E-state index in [4.69, 9.17) is 12.2 Å². The zero-order chi connectivity index (χ0) is 20.3. The largest absolute Gasteiger partial charge is 0.355 e. The minimum Gasteiger partial charge on any atom is -0.355 e. The summed E-state index contributed by atoms with van der Waals surface area (Å²) in [6.45, 7) is 0.901. The molecule has 0 saturated heterocycles. The molecule has 0 atom stereocenters. The van der Waals surface area contributed by atoms with Gasteiger partial charge in [0.2, 0.25) is 5.91 Å². The first-order valence-corrected chi connectivity index (χ1v) is 10.5. The lowest BCUT2D eigenvalue weighted by Crippen LogP contribution is -2.39. The van der Waals surface area contributed by atoms with Crippen molar-refractivity contribution in [1.29, 1.82) is 0 Å². The van der Waals surface area contributed by atoms with E-state index in [0.717, 1.165) is 12.8 Å². The van der Waals surface area contributed by atoms with Crippen molar-refractivity contribution in [3.05, 3.63) is 75.3 Å². The molecule has 1 aromatic heterocycles. The minimum atomic E-state index is -0.159. The van der Waals surface area contributed by atoms with E-state index in [1.54, 1.807) is 6.07 Å². The van der Waals surface area contributed by atoms with Crippen molar-refractivity contribution >= 4 is 29.0 Å². The number of hydrogen-bond acceptors (Lipinski definition) is 3. The Morgan fingerprint density at radius 3 is 2.52 bits per heavy atom. The van der Waals surface area contributed by atoms with E-state index in [-0.39, 0.29) is 29.8 Å². The van der Waals surface area contributed by atoms with E-state index in [1.807, 2.05) is 24.3 Å². The molecule has 2 aromatic carbocycles. The van der Waals surface area contributed by atoms with Gasteiger partial charge in [0.25, 0.3) is 5.56 Å². The average Bonchev–Trinajstić information content (AvgIpc) is 3.23. The molecule has 0 unspecified atom stereocenters. The lowest BCUT2D eigenvalue weighted by atomic mass is 9.79. The number of nitrogens with one attached hydrogen (secondary N) is 2. The number of hydrogen-bond donors (Lipinski definition) is 2. The van der Waals surface area contributed by atoms with Gasteiger partial charge in [-0.25, -0.2) is 0 Å². The Kier molecular flexibility index (Phi) is 5.62. The molecule has 0 aliphatic heterocycles. The van der Waals surface area contributed by atoms with Gasteiger partial charge in [0.05, 0.1) is 10.9 Å². The van der Waals surface area contributed by atoms with E-state index in [9.17, 15) is 9.59 Å². The number of para-hydroxylation sites is 1. The fourth-order valence-corrected chi connectivity index (χ4v) is 4.67. The van der Waals surface area contributed by atoms with Gasteiger partial charge in [0, 0.05) is 24.9 Å². The maximum Gasteiger partial charge on any atom is 0.262 e. The summed E-state index contributed by atoms with van der Waals surface area (Å²) >= 11 is 5.33. The summed E-state index contributed by atoms with van der Waals surface area (Å²) in [6, 6.07) is 17.7. The molecule has 0 spiro atoms. The van der Waals surface area contributed by atoms with E-state index in [0.29, 0.717) is 22.2 Å². The zero-order valence-electron chi connectivity index (χ0n) is 16.3. The first kappa shape index (κ1) is 19.6. The number of aromatic amines is 1. The molecule has 29 heavy (non-hydrogen) atoms. The Morgan fingerprint density at radius 1 is 1.07 bits per heavy atom. The second-order valence-corrected chi connectivity index (χ2v) is 8.20. The number of fused-ring (bicyclic) bond motifs is 1. The second kappa shape index (κ2) is 8.33. The number of H-pyrrole nitrogens is 1.